The van der Waals surface area contributed by atoms with E-state index in [9.17, 15) is 4.79 Å². The minimum atomic E-state index is -0.542. The Morgan fingerprint density at radius 2 is 1.89 bits per heavy atom. The first kappa shape index (κ1) is 26.2. The topological polar surface area (TPSA) is 107 Å². The van der Waals surface area contributed by atoms with Crippen molar-refractivity contribution in [2.24, 2.45) is 0 Å². The van der Waals surface area contributed by atoms with Crippen molar-refractivity contribution in [1.82, 2.24) is 24.4 Å². The maximum Gasteiger partial charge on any atom is 0.410 e. The first-order valence-electron chi connectivity index (χ1n) is 12.9. The summed E-state index contributed by atoms with van der Waals surface area (Å²) in [4.78, 5) is 31.3. The molecule has 5 rings (SSSR count). The van der Waals surface area contributed by atoms with Crippen LogP contribution in [0.25, 0.3) is 16.4 Å². The second kappa shape index (κ2) is 11.2. The average Bonchev–Trinajstić information content (AvgIpc) is 3.60. The SMILES string of the molecule is COc1nc(N2CCOCC2)nc(N[C@@H]2CCCN(C(=O)OC(C)(C)C)C2)c1-c1csc(-n2cccc2)n1. The average molecular weight is 542 g/mol. The zero-order valence-corrected chi connectivity index (χ0v) is 23.2. The molecule has 0 spiro atoms. The molecule has 3 aromatic rings. The van der Waals surface area contributed by atoms with E-state index in [0.29, 0.717) is 62.6 Å². The molecule has 5 heterocycles. The van der Waals surface area contributed by atoms with Gasteiger partial charge in [0, 0.05) is 50.0 Å². The van der Waals surface area contributed by atoms with E-state index in [-0.39, 0.29) is 12.1 Å². The lowest BCUT2D eigenvalue weighted by Crippen LogP contribution is -2.47. The Bertz CT molecular complexity index is 1230. The number of carbonyl (C=O) groups excluding carboxylic acids is 1. The fourth-order valence-electron chi connectivity index (χ4n) is 4.56. The number of carbonyl (C=O) groups is 1. The minimum Gasteiger partial charge on any atom is -0.480 e. The van der Waals surface area contributed by atoms with E-state index >= 15 is 0 Å². The van der Waals surface area contributed by atoms with E-state index in [1.54, 1.807) is 12.0 Å². The molecule has 2 fully saturated rings. The number of hydrogen-bond donors (Lipinski definition) is 1. The highest BCUT2D eigenvalue weighted by atomic mass is 32.1. The summed E-state index contributed by atoms with van der Waals surface area (Å²) in [7, 11) is 1.61. The van der Waals surface area contributed by atoms with Crippen LogP contribution in [0.3, 0.4) is 0 Å². The number of piperidine rings is 1. The van der Waals surface area contributed by atoms with E-state index in [1.807, 2.05) is 55.2 Å². The Hall–Kier alpha value is -3.38. The number of rotatable bonds is 6. The highest BCUT2D eigenvalue weighted by molar-refractivity contribution is 7.12. The van der Waals surface area contributed by atoms with Crippen LogP contribution in [0.15, 0.2) is 29.9 Å². The standard InChI is InChI=1S/C26H35N7O4S/c1-26(2,3)37-25(34)33-11-7-8-18(16-33)27-21-20(19-17-38-24(28-19)32-9-5-6-10-32)22(35-4)30-23(29-21)31-12-14-36-15-13-31/h5-6,9-10,17-18H,7-8,11-16H2,1-4H3,(H,27,29,30)/t18-/m1/s1. The lowest BCUT2D eigenvalue weighted by molar-refractivity contribution is 0.0206. The van der Waals surface area contributed by atoms with Gasteiger partial charge in [-0.25, -0.2) is 9.78 Å². The molecular weight excluding hydrogens is 506 g/mol. The van der Waals surface area contributed by atoms with E-state index in [2.05, 4.69) is 10.2 Å². The van der Waals surface area contributed by atoms with Gasteiger partial charge >= 0.3 is 6.09 Å². The van der Waals surface area contributed by atoms with E-state index in [1.165, 1.54) is 11.3 Å². The summed E-state index contributed by atoms with van der Waals surface area (Å²) >= 11 is 1.53. The summed E-state index contributed by atoms with van der Waals surface area (Å²) in [5.41, 5.74) is 0.889. The van der Waals surface area contributed by atoms with Crippen molar-refractivity contribution in [3.05, 3.63) is 29.9 Å². The van der Waals surface area contributed by atoms with Gasteiger partial charge in [-0.3, -0.25) is 0 Å². The fourth-order valence-corrected chi connectivity index (χ4v) is 5.34. The number of methoxy groups -OCH3 is 1. The molecule has 12 heteroatoms. The number of aromatic nitrogens is 4. The first-order chi connectivity index (χ1) is 18.3. The zero-order chi connectivity index (χ0) is 26.7. The maximum atomic E-state index is 12.8. The molecule has 0 aromatic carbocycles. The van der Waals surface area contributed by atoms with Gasteiger partial charge in [-0.15, -0.1) is 11.3 Å². The van der Waals surface area contributed by atoms with Crippen LogP contribution in [-0.2, 0) is 9.47 Å². The van der Waals surface area contributed by atoms with E-state index in [4.69, 9.17) is 29.2 Å². The number of thiazole rings is 1. The zero-order valence-electron chi connectivity index (χ0n) is 22.3. The van der Waals surface area contributed by atoms with Crippen LogP contribution in [0.5, 0.6) is 5.88 Å². The lowest BCUT2D eigenvalue weighted by Gasteiger charge is -2.35. The molecule has 2 saturated heterocycles. The number of likely N-dealkylation sites (tertiary alicyclic amines) is 1. The quantitative estimate of drug-likeness (QED) is 0.495. The Kier molecular flexibility index (Phi) is 7.70. The second-order valence-electron chi connectivity index (χ2n) is 10.4. The number of nitrogens with one attached hydrogen (secondary N) is 1. The van der Waals surface area contributed by atoms with Gasteiger partial charge in [0.2, 0.25) is 11.8 Å². The van der Waals surface area contributed by atoms with Gasteiger partial charge in [0.1, 0.15) is 17.0 Å². The molecule has 0 saturated carbocycles. The Balaban J connectivity index is 1.47. The molecule has 1 amide bonds. The predicted molar refractivity (Wildman–Crippen MR) is 147 cm³/mol. The summed E-state index contributed by atoms with van der Waals surface area (Å²) in [5.74, 6) is 1.67. The van der Waals surface area contributed by atoms with Gasteiger partial charge in [-0.2, -0.15) is 9.97 Å². The Morgan fingerprint density at radius 3 is 2.61 bits per heavy atom. The predicted octanol–water partition coefficient (Wildman–Crippen LogP) is 4.05. The minimum absolute atomic E-state index is 0.0188. The molecule has 0 unspecified atom stereocenters. The molecule has 0 radical (unpaired) electrons. The molecule has 11 nitrogen and oxygen atoms in total. The number of ether oxygens (including phenoxy) is 3. The fraction of sp³-hybridized carbons (Fsp3) is 0.538. The van der Waals surface area contributed by atoms with Crippen LogP contribution < -0.4 is 15.0 Å². The third kappa shape index (κ3) is 6.02. The molecular formula is C26H35N7O4S. The molecule has 2 aliphatic rings. The van der Waals surface area contributed by atoms with Crippen molar-refractivity contribution < 1.29 is 19.0 Å². The van der Waals surface area contributed by atoms with Crippen LogP contribution in [-0.4, -0.2) is 88.7 Å². The highest BCUT2D eigenvalue weighted by Gasteiger charge is 2.30. The monoisotopic (exact) mass is 541 g/mol. The van der Waals surface area contributed by atoms with Crippen molar-refractivity contribution in [3.8, 4) is 22.3 Å². The van der Waals surface area contributed by atoms with E-state index in [0.717, 1.165) is 23.7 Å². The molecule has 0 bridgehead atoms. The van der Waals surface area contributed by atoms with Crippen molar-refractivity contribution in [3.63, 3.8) is 0 Å². The molecule has 0 aliphatic carbocycles. The molecule has 204 valence electrons. The molecule has 3 aromatic heterocycles. The van der Waals surface area contributed by atoms with Crippen LogP contribution in [0.4, 0.5) is 16.6 Å². The summed E-state index contributed by atoms with van der Waals surface area (Å²) < 4.78 is 18.9. The van der Waals surface area contributed by atoms with Crippen LogP contribution in [0.2, 0.25) is 0 Å². The number of nitrogens with zero attached hydrogens (tertiary/aromatic N) is 6. The third-order valence-corrected chi connectivity index (χ3v) is 7.19. The number of morpholine rings is 1. The van der Waals surface area contributed by atoms with Crippen LogP contribution in [0.1, 0.15) is 33.6 Å². The molecule has 2 aliphatic heterocycles. The van der Waals surface area contributed by atoms with Gasteiger partial charge in [-0.05, 0) is 45.7 Å². The number of anilines is 2. The molecule has 1 atom stereocenters. The first-order valence-corrected chi connectivity index (χ1v) is 13.8. The van der Waals surface area contributed by atoms with Crippen molar-refractivity contribution in [1.29, 1.82) is 0 Å². The molecule has 1 N–H and O–H groups in total. The summed E-state index contributed by atoms with van der Waals surface area (Å²) in [6.45, 7) is 9.47. The van der Waals surface area contributed by atoms with Gasteiger partial charge in [0.15, 0.2) is 5.13 Å². The normalized spacial score (nSPS) is 18.4. The second-order valence-corrected chi connectivity index (χ2v) is 11.2. The van der Waals surface area contributed by atoms with Crippen molar-refractivity contribution in [2.75, 3.05) is 56.7 Å². The maximum absolute atomic E-state index is 12.8. The highest BCUT2D eigenvalue weighted by Crippen LogP contribution is 2.38. The third-order valence-electron chi connectivity index (χ3n) is 6.34. The summed E-state index contributed by atoms with van der Waals surface area (Å²) in [6.07, 6.45) is 5.38. The van der Waals surface area contributed by atoms with E-state index < -0.39 is 5.60 Å². The van der Waals surface area contributed by atoms with Crippen molar-refractivity contribution in [2.45, 2.75) is 45.3 Å². The smallest absolute Gasteiger partial charge is 0.410 e. The largest absolute Gasteiger partial charge is 0.480 e. The molecule has 38 heavy (non-hydrogen) atoms. The van der Waals surface area contributed by atoms with Crippen LogP contribution in [0, 0.1) is 0 Å². The van der Waals surface area contributed by atoms with Crippen LogP contribution >= 0.6 is 11.3 Å². The number of hydrogen-bond acceptors (Lipinski definition) is 10. The number of amides is 1. The van der Waals surface area contributed by atoms with Gasteiger partial charge in [0.25, 0.3) is 0 Å². The van der Waals surface area contributed by atoms with Gasteiger partial charge in [0.05, 0.1) is 26.0 Å². The summed E-state index contributed by atoms with van der Waals surface area (Å²) in [6, 6.07) is 3.91. The Labute approximate surface area is 226 Å². The lowest BCUT2D eigenvalue weighted by atomic mass is 10.1. The van der Waals surface area contributed by atoms with Gasteiger partial charge < -0.3 is 33.9 Å². The van der Waals surface area contributed by atoms with Gasteiger partial charge in [-0.1, -0.05) is 0 Å². The summed E-state index contributed by atoms with van der Waals surface area (Å²) in [5, 5.41) is 6.44. The van der Waals surface area contributed by atoms with Crippen molar-refractivity contribution >= 4 is 29.2 Å². The Morgan fingerprint density at radius 1 is 1.13 bits per heavy atom.